The molecule has 0 saturated heterocycles. The summed E-state index contributed by atoms with van der Waals surface area (Å²) in [6.45, 7) is 2.85. The Balaban J connectivity index is 1.85. The third-order valence-corrected chi connectivity index (χ3v) is 4.90. The molecule has 136 valence electrons. The third-order valence-electron chi connectivity index (χ3n) is 4.90. The van der Waals surface area contributed by atoms with Crippen LogP contribution in [0.1, 0.15) is 18.2 Å². The predicted molar refractivity (Wildman–Crippen MR) is 104 cm³/mol. The molecule has 4 rings (SSSR count). The first-order valence-electron chi connectivity index (χ1n) is 9.01. The molecule has 1 aromatic heterocycles. The molecule has 3 aromatic rings. The fraction of sp³-hybridized carbons (Fsp3) is 0.227. The Morgan fingerprint density at radius 3 is 2.41 bits per heavy atom. The summed E-state index contributed by atoms with van der Waals surface area (Å²) in [7, 11) is 1.65. The van der Waals surface area contributed by atoms with Crippen molar-refractivity contribution in [3.63, 3.8) is 0 Å². The zero-order valence-electron chi connectivity index (χ0n) is 15.5. The van der Waals surface area contributed by atoms with Crippen LogP contribution >= 0.6 is 0 Å². The molecule has 1 aliphatic heterocycles. The molecule has 2 aromatic carbocycles. The van der Waals surface area contributed by atoms with Crippen LogP contribution in [0, 0.1) is 0 Å². The number of benzene rings is 2. The first-order valence-corrected chi connectivity index (χ1v) is 9.01. The summed E-state index contributed by atoms with van der Waals surface area (Å²) in [6, 6.07) is 17.9. The number of ether oxygens (including phenoxy) is 1. The molecule has 0 bridgehead atoms. The van der Waals surface area contributed by atoms with Gasteiger partial charge in [-0.1, -0.05) is 30.3 Å². The lowest BCUT2D eigenvalue weighted by Crippen LogP contribution is -2.35. The van der Waals surface area contributed by atoms with E-state index in [1.165, 1.54) is 0 Å². The maximum absolute atomic E-state index is 11.9. The summed E-state index contributed by atoms with van der Waals surface area (Å²) in [5.41, 5.74) is 4.95. The van der Waals surface area contributed by atoms with Gasteiger partial charge in [0.25, 0.3) is 0 Å². The standard InChI is InChI=1S/C22H21N3O2/c1-15(26)25-13-12-20-19(14-25)21(16-6-4-3-5-7-16)24-22(23-20)17-8-10-18(27-2)11-9-17/h3-11H,12-14H2,1-2H3. The summed E-state index contributed by atoms with van der Waals surface area (Å²) < 4.78 is 5.24. The normalized spacial score (nSPS) is 13.2. The second-order valence-corrected chi connectivity index (χ2v) is 6.61. The highest BCUT2D eigenvalue weighted by Gasteiger charge is 2.24. The van der Waals surface area contributed by atoms with Gasteiger partial charge in [0.1, 0.15) is 5.75 Å². The first-order chi connectivity index (χ1) is 13.2. The molecule has 0 radical (unpaired) electrons. The summed E-state index contributed by atoms with van der Waals surface area (Å²) in [4.78, 5) is 23.4. The Hall–Kier alpha value is -3.21. The molecule has 0 fully saturated rings. The van der Waals surface area contributed by atoms with Crippen LogP contribution in [0.15, 0.2) is 54.6 Å². The third kappa shape index (κ3) is 3.40. The number of methoxy groups -OCH3 is 1. The lowest BCUT2D eigenvalue weighted by Gasteiger charge is -2.29. The minimum Gasteiger partial charge on any atom is -0.497 e. The summed E-state index contributed by atoms with van der Waals surface area (Å²) in [5, 5.41) is 0. The molecule has 0 N–H and O–H groups in total. The van der Waals surface area contributed by atoms with Gasteiger partial charge in [0.05, 0.1) is 18.5 Å². The number of carbonyl (C=O) groups excluding carboxylic acids is 1. The Kier molecular flexibility index (Phi) is 4.59. The van der Waals surface area contributed by atoms with Gasteiger partial charge in [-0.2, -0.15) is 0 Å². The van der Waals surface area contributed by atoms with E-state index in [0.29, 0.717) is 18.9 Å². The maximum atomic E-state index is 11.9. The van der Waals surface area contributed by atoms with Crippen molar-refractivity contribution in [2.24, 2.45) is 0 Å². The second kappa shape index (κ2) is 7.19. The van der Waals surface area contributed by atoms with Crippen molar-refractivity contribution in [1.29, 1.82) is 0 Å². The summed E-state index contributed by atoms with van der Waals surface area (Å²) in [5.74, 6) is 1.59. The Bertz CT molecular complexity index is 969. The van der Waals surface area contributed by atoms with Crippen molar-refractivity contribution in [3.8, 4) is 28.4 Å². The summed E-state index contributed by atoms with van der Waals surface area (Å²) >= 11 is 0. The van der Waals surface area contributed by atoms with Crippen LogP contribution in [0.3, 0.4) is 0 Å². The van der Waals surface area contributed by atoms with Gasteiger partial charge in [0, 0.05) is 43.1 Å². The number of hydrogen-bond acceptors (Lipinski definition) is 4. The van der Waals surface area contributed by atoms with E-state index in [2.05, 4.69) is 0 Å². The number of hydrogen-bond donors (Lipinski definition) is 0. The molecular formula is C22H21N3O2. The minimum atomic E-state index is 0.0823. The van der Waals surface area contributed by atoms with Crippen molar-refractivity contribution in [2.45, 2.75) is 19.9 Å². The quantitative estimate of drug-likeness (QED) is 0.715. The highest BCUT2D eigenvalue weighted by molar-refractivity contribution is 5.75. The fourth-order valence-corrected chi connectivity index (χ4v) is 3.39. The molecule has 0 aliphatic carbocycles. The van der Waals surface area contributed by atoms with E-state index in [9.17, 15) is 4.79 Å². The first kappa shape index (κ1) is 17.2. The van der Waals surface area contributed by atoms with Gasteiger partial charge in [-0.3, -0.25) is 4.79 Å². The van der Waals surface area contributed by atoms with Crippen molar-refractivity contribution >= 4 is 5.91 Å². The molecule has 5 nitrogen and oxygen atoms in total. The van der Waals surface area contributed by atoms with Gasteiger partial charge < -0.3 is 9.64 Å². The molecule has 0 unspecified atom stereocenters. The van der Waals surface area contributed by atoms with Crippen LogP contribution in [0.4, 0.5) is 0 Å². The maximum Gasteiger partial charge on any atom is 0.219 e. The Morgan fingerprint density at radius 1 is 1.00 bits per heavy atom. The molecule has 0 atom stereocenters. The Morgan fingerprint density at radius 2 is 1.74 bits per heavy atom. The minimum absolute atomic E-state index is 0.0823. The molecule has 1 aliphatic rings. The van der Waals surface area contributed by atoms with E-state index in [-0.39, 0.29) is 5.91 Å². The van der Waals surface area contributed by atoms with Gasteiger partial charge in [-0.25, -0.2) is 9.97 Å². The number of aromatic nitrogens is 2. The van der Waals surface area contributed by atoms with E-state index in [1.54, 1.807) is 14.0 Å². The topological polar surface area (TPSA) is 55.3 Å². The highest BCUT2D eigenvalue weighted by atomic mass is 16.5. The molecule has 5 heteroatoms. The second-order valence-electron chi connectivity index (χ2n) is 6.61. The summed E-state index contributed by atoms with van der Waals surface area (Å²) in [6.07, 6.45) is 0.737. The van der Waals surface area contributed by atoms with E-state index in [0.717, 1.165) is 40.2 Å². The molecule has 2 heterocycles. The molecule has 0 saturated carbocycles. The van der Waals surface area contributed by atoms with Crippen LogP contribution in [0.2, 0.25) is 0 Å². The monoisotopic (exact) mass is 359 g/mol. The van der Waals surface area contributed by atoms with Crippen LogP contribution in [0.25, 0.3) is 22.6 Å². The van der Waals surface area contributed by atoms with Crippen LogP contribution in [0.5, 0.6) is 5.75 Å². The largest absolute Gasteiger partial charge is 0.497 e. The lowest BCUT2D eigenvalue weighted by atomic mass is 9.98. The average molecular weight is 359 g/mol. The van der Waals surface area contributed by atoms with Gasteiger partial charge in [-0.15, -0.1) is 0 Å². The smallest absolute Gasteiger partial charge is 0.219 e. The van der Waals surface area contributed by atoms with E-state index >= 15 is 0 Å². The average Bonchev–Trinajstić information content (AvgIpc) is 2.73. The number of amides is 1. The van der Waals surface area contributed by atoms with Gasteiger partial charge in [0.15, 0.2) is 5.82 Å². The number of rotatable bonds is 3. The van der Waals surface area contributed by atoms with E-state index in [4.69, 9.17) is 14.7 Å². The van der Waals surface area contributed by atoms with Crippen molar-refractivity contribution in [1.82, 2.24) is 14.9 Å². The van der Waals surface area contributed by atoms with Gasteiger partial charge in [0.2, 0.25) is 5.91 Å². The van der Waals surface area contributed by atoms with Crippen molar-refractivity contribution in [2.75, 3.05) is 13.7 Å². The zero-order valence-corrected chi connectivity index (χ0v) is 15.5. The Labute approximate surface area is 158 Å². The molecular weight excluding hydrogens is 338 g/mol. The van der Waals surface area contributed by atoms with Gasteiger partial charge >= 0.3 is 0 Å². The zero-order chi connectivity index (χ0) is 18.8. The van der Waals surface area contributed by atoms with Crippen LogP contribution in [-0.2, 0) is 17.8 Å². The van der Waals surface area contributed by atoms with E-state index < -0.39 is 0 Å². The molecule has 0 spiro atoms. The SMILES string of the molecule is COc1ccc(-c2nc3c(c(-c4ccccc4)n2)CN(C(C)=O)CC3)cc1. The molecule has 1 amide bonds. The molecule has 27 heavy (non-hydrogen) atoms. The van der Waals surface area contributed by atoms with Crippen molar-refractivity contribution < 1.29 is 9.53 Å². The van der Waals surface area contributed by atoms with Gasteiger partial charge in [-0.05, 0) is 24.3 Å². The number of carbonyl (C=O) groups is 1. The number of nitrogens with zero attached hydrogens (tertiary/aromatic N) is 3. The van der Waals surface area contributed by atoms with Crippen molar-refractivity contribution in [3.05, 3.63) is 65.9 Å². The lowest BCUT2D eigenvalue weighted by molar-refractivity contribution is -0.129. The highest BCUT2D eigenvalue weighted by Crippen LogP contribution is 2.31. The van der Waals surface area contributed by atoms with E-state index in [1.807, 2.05) is 59.5 Å². The number of fused-ring (bicyclic) bond motifs is 1. The van der Waals surface area contributed by atoms with Crippen LogP contribution in [-0.4, -0.2) is 34.4 Å². The fourth-order valence-electron chi connectivity index (χ4n) is 3.39. The van der Waals surface area contributed by atoms with Crippen LogP contribution < -0.4 is 4.74 Å². The predicted octanol–water partition coefficient (Wildman–Crippen LogP) is 3.72.